The van der Waals surface area contributed by atoms with E-state index in [9.17, 15) is 9.59 Å². The molecular formula is C16H20ClNO3. The van der Waals surface area contributed by atoms with Gasteiger partial charge in [0.25, 0.3) is 0 Å². The van der Waals surface area contributed by atoms with E-state index in [4.69, 9.17) is 16.7 Å². The van der Waals surface area contributed by atoms with Gasteiger partial charge >= 0.3 is 5.97 Å². The average Bonchev–Trinajstić information content (AvgIpc) is 2.94. The third kappa shape index (κ3) is 3.21. The number of aliphatic carboxylic acids is 1. The van der Waals surface area contributed by atoms with Crippen LogP contribution in [0.2, 0.25) is 5.02 Å². The Kier molecular flexibility index (Phi) is 4.88. The monoisotopic (exact) mass is 309 g/mol. The summed E-state index contributed by atoms with van der Waals surface area (Å²) in [5.74, 6) is -1.07. The molecule has 1 aliphatic rings. The molecule has 21 heavy (non-hydrogen) atoms. The highest BCUT2D eigenvalue weighted by molar-refractivity contribution is 6.30. The molecule has 0 radical (unpaired) electrons. The molecule has 5 heteroatoms. The van der Waals surface area contributed by atoms with E-state index in [1.807, 2.05) is 25.1 Å². The number of carbonyl (C=O) groups is 2. The molecule has 0 bridgehead atoms. The number of rotatable bonds is 5. The van der Waals surface area contributed by atoms with Crippen molar-refractivity contribution < 1.29 is 14.7 Å². The van der Waals surface area contributed by atoms with Gasteiger partial charge < -0.3 is 10.0 Å². The fraction of sp³-hybridized carbons (Fsp3) is 0.500. The number of nitrogens with zero attached hydrogens (tertiary/aromatic N) is 1. The van der Waals surface area contributed by atoms with Gasteiger partial charge in [0.05, 0.1) is 5.41 Å². The summed E-state index contributed by atoms with van der Waals surface area (Å²) in [4.78, 5) is 25.4. The van der Waals surface area contributed by atoms with Crippen LogP contribution < -0.4 is 0 Å². The third-order valence-corrected chi connectivity index (χ3v) is 4.47. The van der Waals surface area contributed by atoms with E-state index in [2.05, 4.69) is 0 Å². The second-order valence-electron chi connectivity index (χ2n) is 5.51. The van der Waals surface area contributed by atoms with Crippen LogP contribution in [0.1, 0.15) is 38.2 Å². The molecule has 1 N–H and O–H groups in total. The molecule has 0 spiro atoms. The van der Waals surface area contributed by atoms with E-state index >= 15 is 0 Å². The van der Waals surface area contributed by atoms with Crippen molar-refractivity contribution in [3.05, 3.63) is 34.9 Å². The number of hydrogen-bond acceptors (Lipinski definition) is 2. The zero-order valence-corrected chi connectivity index (χ0v) is 12.9. The third-order valence-electron chi connectivity index (χ3n) is 4.24. The SMILES string of the molecule is CCN(CC(=O)O)C(=O)C1(c2cccc(Cl)c2)CCCC1. The van der Waals surface area contributed by atoms with Crippen molar-refractivity contribution in [3.63, 3.8) is 0 Å². The van der Waals surface area contributed by atoms with E-state index in [0.717, 1.165) is 31.2 Å². The highest BCUT2D eigenvalue weighted by atomic mass is 35.5. The van der Waals surface area contributed by atoms with Crippen molar-refractivity contribution in [3.8, 4) is 0 Å². The van der Waals surface area contributed by atoms with Crippen molar-refractivity contribution in [2.75, 3.05) is 13.1 Å². The highest BCUT2D eigenvalue weighted by Crippen LogP contribution is 2.43. The van der Waals surface area contributed by atoms with Gasteiger partial charge in [0, 0.05) is 11.6 Å². The first-order valence-corrected chi connectivity index (χ1v) is 7.64. The number of halogens is 1. The number of amides is 1. The lowest BCUT2D eigenvalue weighted by Gasteiger charge is -2.33. The quantitative estimate of drug-likeness (QED) is 0.909. The zero-order chi connectivity index (χ0) is 15.5. The van der Waals surface area contributed by atoms with Gasteiger partial charge in [-0.2, -0.15) is 0 Å². The van der Waals surface area contributed by atoms with Gasteiger partial charge in [-0.3, -0.25) is 9.59 Å². The Labute approximate surface area is 129 Å². The molecule has 0 aliphatic heterocycles. The summed E-state index contributed by atoms with van der Waals surface area (Å²) < 4.78 is 0. The van der Waals surface area contributed by atoms with Gasteiger partial charge in [-0.1, -0.05) is 36.6 Å². The Balaban J connectivity index is 2.37. The molecule has 1 aromatic carbocycles. The van der Waals surface area contributed by atoms with Crippen molar-refractivity contribution in [1.82, 2.24) is 4.90 Å². The Hall–Kier alpha value is -1.55. The standard InChI is InChI=1S/C16H20ClNO3/c1-2-18(11-14(19)20)15(21)16(8-3-4-9-16)12-6-5-7-13(17)10-12/h5-7,10H,2-4,8-9,11H2,1H3,(H,19,20). The van der Waals surface area contributed by atoms with E-state index < -0.39 is 11.4 Å². The van der Waals surface area contributed by atoms with Crippen molar-refractivity contribution in [2.24, 2.45) is 0 Å². The van der Waals surface area contributed by atoms with Crippen molar-refractivity contribution in [1.29, 1.82) is 0 Å². The summed E-state index contributed by atoms with van der Waals surface area (Å²) in [6.07, 6.45) is 3.45. The molecule has 0 heterocycles. The normalized spacial score (nSPS) is 16.7. The topological polar surface area (TPSA) is 57.6 Å². The molecule has 1 saturated carbocycles. The predicted octanol–water partition coefficient (Wildman–Crippen LogP) is 3.08. The molecule has 0 unspecified atom stereocenters. The number of carboxylic acid groups (broad SMARTS) is 1. The second-order valence-corrected chi connectivity index (χ2v) is 5.95. The fourth-order valence-electron chi connectivity index (χ4n) is 3.18. The van der Waals surface area contributed by atoms with Crippen LogP contribution in [0.25, 0.3) is 0 Å². The van der Waals surface area contributed by atoms with E-state index in [1.54, 1.807) is 6.07 Å². The molecule has 4 nitrogen and oxygen atoms in total. The lowest BCUT2D eigenvalue weighted by atomic mass is 9.77. The molecule has 114 valence electrons. The summed E-state index contributed by atoms with van der Waals surface area (Å²) >= 11 is 6.07. The van der Waals surface area contributed by atoms with Gasteiger partial charge in [-0.05, 0) is 37.5 Å². The molecule has 1 aromatic rings. The predicted molar refractivity (Wildman–Crippen MR) is 81.5 cm³/mol. The maximum Gasteiger partial charge on any atom is 0.323 e. The van der Waals surface area contributed by atoms with Crippen molar-refractivity contribution >= 4 is 23.5 Å². The smallest absolute Gasteiger partial charge is 0.323 e. The van der Waals surface area contributed by atoms with Crippen LogP contribution in [0.15, 0.2) is 24.3 Å². The van der Waals surface area contributed by atoms with Crippen molar-refractivity contribution in [2.45, 2.75) is 38.0 Å². The fourth-order valence-corrected chi connectivity index (χ4v) is 3.37. The van der Waals surface area contributed by atoms with E-state index in [1.165, 1.54) is 4.90 Å². The van der Waals surface area contributed by atoms with Gasteiger partial charge in [-0.25, -0.2) is 0 Å². The number of carbonyl (C=O) groups excluding carboxylic acids is 1. The Bertz CT molecular complexity index is 538. The Morgan fingerprint density at radius 1 is 1.33 bits per heavy atom. The van der Waals surface area contributed by atoms with Gasteiger partial charge in [-0.15, -0.1) is 0 Å². The van der Waals surface area contributed by atoms with Gasteiger partial charge in [0.15, 0.2) is 0 Å². The van der Waals surface area contributed by atoms with Crippen LogP contribution in [0, 0.1) is 0 Å². The summed E-state index contributed by atoms with van der Waals surface area (Å²) in [5.41, 5.74) is 0.289. The lowest BCUT2D eigenvalue weighted by molar-refractivity contribution is -0.147. The first-order valence-electron chi connectivity index (χ1n) is 7.27. The van der Waals surface area contributed by atoms with Gasteiger partial charge in [0.2, 0.25) is 5.91 Å². The molecule has 2 rings (SSSR count). The minimum absolute atomic E-state index is 0.0906. The minimum Gasteiger partial charge on any atom is -0.480 e. The minimum atomic E-state index is -0.982. The number of hydrogen-bond donors (Lipinski definition) is 1. The number of benzene rings is 1. The zero-order valence-electron chi connectivity index (χ0n) is 12.1. The maximum atomic E-state index is 13.0. The summed E-state index contributed by atoms with van der Waals surface area (Å²) in [7, 11) is 0. The number of likely N-dealkylation sites (N-methyl/N-ethyl adjacent to an activating group) is 1. The number of carboxylic acids is 1. The van der Waals surface area contributed by atoms with Crippen LogP contribution in [-0.2, 0) is 15.0 Å². The summed E-state index contributed by atoms with van der Waals surface area (Å²) in [6, 6.07) is 7.38. The van der Waals surface area contributed by atoms with Crippen LogP contribution in [0.5, 0.6) is 0 Å². The first-order chi connectivity index (χ1) is 9.99. The van der Waals surface area contributed by atoms with Gasteiger partial charge in [0.1, 0.15) is 6.54 Å². The molecule has 0 aromatic heterocycles. The van der Waals surface area contributed by atoms with Crippen LogP contribution in [-0.4, -0.2) is 35.0 Å². The summed E-state index contributed by atoms with van der Waals surface area (Å²) in [6.45, 7) is 1.95. The van der Waals surface area contributed by atoms with Crippen LogP contribution in [0.4, 0.5) is 0 Å². The van der Waals surface area contributed by atoms with Crippen LogP contribution in [0.3, 0.4) is 0 Å². The summed E-state index contributed by atoms with van der Waals surface area (Å²) in [5, 5.41) is 9.59. The maximum absolute atomic E-state index is 13.0. The Morgan fingerprint density at radius 3 is 2.52 bits per heavy atom. The van der Waals surface area contributed by atoms with E-state index in [0.29, 0.717) is 11.6 Å². The van der Waals surface area contributed by atoms with Crippen LogP contribution >= 0.6 is 11.6 Å². The Morgan fingerprint density at radius 2 is 2.00 bits per heavy atom. The molecular weight excluding hydrogens is 290 g/mol. The van der Waals surface area contributed by atoms with E-state index in [-0.39, 0.29) is 12.5 Å². The first kappa shape index (κ1) is 15.8. The molecule has 1 amide bonds. The highest BCUT2D eigenvalue weighted by Gasteiger charge is 2.45. The largest absolute Gasteiger partial charge is 0.480 e. The second kappa shape index (κ2) is 6.48. The molecule has 1 aliphatic carbocycles. The molecule has 1 fully saturated rings. The molecule has 0 atom stereocenters. The lowest BCUT2D eigenvalue weighted by Crippen LogP contribution is -2.47. The molecule has 0 saturated heterocycles. The average molecular weight is 310 g/mol.